The third kappa shape index (κ3) is 6.07. The van der Waals surface area contributed by atoms with Crippen LogP contribution < -0.4 is 10.1 Å². The van der Waals surface area contributed by atoms with E-state index in [4.69, 9.17) is 4.52 Å². The highest BCUT2D eigenvalue weighted by Gasteiger charge is 2.31. The Morgan fingerprint density at radius 1 is 1.13 bits per heavy atom. The molecule has 1 unspecified atom stereocenters. The molecule has 1 aromatic heterocycles. The molecule has 0 radical (unpaired) electrons. The molecular weight excluding hydrogens is 399 g/mol. The molecule has 0 fully saturated rings. The summed E-state index contributed by atoms with van der Waals surface area (Å²) in [5.74, 6) is 0.251. The Morgan fingerprint density at radius 2 is 1.80 bits per heavy atom. The van der Waals surface area contributed by atoms with E-state index in [-0.39, 0.29) is 30.5 Å². The van der Waals surface area contributed by atoms with E-state index in [0.717, 1.165) is 11.1 Å². The summed E-state index contributed by atoms with van der Waals surface area (Å²) in [4.78, 5) is 16.5. The number of rotatable bonds is 7. The fourth-order valence-electron chi connectivity index (χ4n) is 2.75. The third-order valence-electron chi connectivity index (χ3n) is 4.33. The number of nitrogens with zero attached hydrogens (tertiary/aromatic N) is 2. The summed E-state index contributed by atoms with van der Waals surface area (Å²) in [5.41, 5.74) is 2.60. The molecule has 1 N–H and O–H groups in total. The van der Waals surface area contributed by atoms with Gasteiger partial charge < -0.3 is 14.6 Å². The average Bonchev–Trinajstić information content (AvgIpc) is 3.15. The summed E-state index contributed by atoms with van der Waals surface area (Å²) in [6, 6.07) is 12.6. The average molecular weight is 419 g/mol. The number of benzene rings is 2. The zero-order chi connectivity index (χ0) is 21.7. The van der Waals surface area contributed by atoms with Gasteiger partial charge in [0.1, 0.15) is 5.75 Å². The molecule has 0 aliphatic carbocycles. The molecular formula is C21H20F3N3O3. The summed E-state index contributed by atoms with van der Waals surface area (Å²) >= 11 is 0. The molecule has 3 aromatic rings. The maximum atomic E-state index is 12.2. The number of amides is 1. The van der Waals surface area contributed by atoms with Crippen LogP contribution in [0.3, 0.4) is 0 Å². The van der Waals surface area contributed by atoms with Gasteiger partial charge in [-0.25, -0.2) is 0 Å². The molecule has 0 aliphatic rings. The second-order valence-electron chi connectivity index (χ2n) is 6.78. The molecule has 2 aromatic carbocycles. The van der Waals surface area contributed by atoms with Gasteiger partial charge >= 0.3 is 6.36 Å². The molecule has 0 aliphatic heterocycles. The summed E-state index contributed by atoms with van der Waals surface area (Å²) in [7, 11) is 0. The first kappa shape index (κ1) is 21.4. The van der Waals surface area contributed by atoms with Crippen molar-refractivity contribution in [2.24, 2.45) is 0 Å². The Morgan fingerprint density at radius 3 is 2.43 bits per heavy atom. The molecule has 9 heteroatoms. The lowest BCUT2D eigenvalue weighted by molar-refractivity contribution is -0.274. The number of hydrogen-bond acceptors (Lipinski definition) is 5. The summed E-state index contributed by atoms with van der Waals surface area (Å²) in [6.07, 6.45) is -4.33. The molecule has 3 rings (SSSR count). The molecule has 30 heavy (non-hydrogen) atoms. The highest BCUT2D eigenvalue weighted by atomic mass is 19.4. The Kier molecular flexibility index (Phi) is 6.39. The van der Waals surface area contributed by atoms with E-state index >= 15 is 0 Å². The quantitative estimate of drug-likeness (QED) is 0.598. The largest absolute Gasteiger partial charge is 0.573 e. The first-order valence-electron chi connectivity index (χ1n) is 9.24. The normalized spacial score (nSPS) is 12.4. The van der Waals surface area contributed by atoms with Crippen LogP contribution in [0.25, 0.3) is 11.4 Å². The van der Waals surface area contributed by atoms with Gasteiger partial charge in [0.2, 0.25) is 17.6 Å². The lowest BCUT2D eigenvalue weighted by Crippen LogP contribution is -2.26. The van der Waals surface area contributed by atoms with Crippen LogP contribution in [0.2, 0.25) is 0 Å². The monoisotopic (exact) mass is 419 g/mol. The van der Waals surface area contributed by atoms with Crippen molar-refractivity contribution >= 4 is 5.91 Å². The van der Waals surface area contributed by atoms with Crippen LogP contribution in [0, 0.1) is 6.92 Å². The molecule has 0 saturated carbocycles. The number of nitrogens with one attached hydrogen (secondary N) is 1. The lowest BCUT2D eigenvalue weighted by Gasteiger charge is -2.15. The Bertz CT molecular complexity index is 983. The third-order valence-corrected chi connectivity index (χ3v) is 4.33. The number of alkyl halides is 3. The first-order chi connectivity index (χ1) is 14.2. The molecule has 6 nitrogen and oxygen atoms in total. The second-order valence-corrected chi connectivity index (χ2v) is 6.78. The Balaban J connectivity index is 1.50. The van der Waals surface area contributed by atoms with Crippen molar-refractivity contribution in [3.63, 3.8) is 0 Å². The van der Waals surface area contributed by atoms with Gasteiger partial charge in [-0.1, -0.05) is 47.1 Å². The number of halogens is 3. The van der Waals surface area contributed by atoms with Crippen LogP contribution in [0.5, 0.6) is 5.75 Å². The van der Waals surface area contributed by atoms with Crippen LogP contribution in [-0.2, 0) is 11.2 Å². The lowest BCUT2D eigenvalue weighted by atomic mass is 10.1. The minimum atomic E-state index is -4.74. The van der Waals surface area contributed by atoms with Gasteiger partial charge in [-0.2, -0.15) is 4.98 Å². The minimum absolute atomic E-state index is 0.134. The van der Waals surface area contributed by atoms with Gasteiger partial charge in [-0.15, -0.1) is 13.2 Å². The Labute approximate surface area is 171 Å². The van der Waals surface area contributed by atoms with Gasteiger partial charge in [0, 0.05) is 18.4 Å². The maximum Gasteiger partial charge on any atom is 0.573 e. The molecule has 1 heterocycles. The van der Waals surface area contributed by atoms with Gasteiger partial charge in [0.15, 0.2) is 0 Å². The predicted molar refractivity (Wildman–Crippen MR) is 102 cm³/mol. The number of carbonyl (C=O) groups is 1. The summed E-state index contributed by atoms with van der Waals surface area (Å²) < 4.78 is 45.7. The highest BCUT2D eigenvalue weighted by molar-refractivity contribution is 5.76. The molecule has 0 bridgehead atoms. The first-order valence-corrected chi connectivity index (χ1v) is 9.24. The van der Waals surface area contributed by atoms with Crippen molar-refractivity contribution in [2.75, 3.05) is 0 Å². The van der Waals surface area contributed by atoms with Gasteiger partial charge in [-0.05, 0) is 31.5 Å². The van der Waals surface area contributed by atoms with Crippen molar-refractivity contribution in [3.8, 4) is 17.1 Å². The summed E-state index contributed by atoms with van der Waals surface area (Å²) in [6.45, 7) is 3.72. The number of aryl methyl sites for hydroxylation is 2. The molecule has 0 saturated heterocycles. The highest BCUT2D eigenvalue weighted by Crippen LogP contribution is 2.24. The fraction of sp³-hybridized carbons (Fsp3) is 0.286. The SMILES string of the molecule is Cc1ccc(-c2noc(CCC(=O)NC(C)c3ccc(OC(F)(F)F)cc3)n2)cc1. The summed E-state index contributed by atoms with van der Waals surface area (Å²) in [5, 5.41) is 6.71. The topological polar surface area (TPSA) is 77.2 Å². The van der Waals surface area contributed by atoms with Crippen molar-refractivity contribution in [2.45, 2.75) is 39.1 Å². The van der Waals surface area contributed by atoms with Crippen LogP contribution in [0.1, 0.15) is 36.4 Å². The minimum Gasteiger partial charge on any atom is -0.406 e. The van der Waals surface area contributed by atoms with E-state index in [0.29, 0.717) is 17.3 Å². The second kappa shape index (κ2) is 8.98. The van der Waals surface area contributed by atoms with Crippen LogP contribution in [-0.4, -0.2) is 22.4 Å². The zero-order valence-corrected chi connectivity index (χ0v) is 16.4. The van der Waals surface area contributed by atoms with Gasteiger partial charge in [0.25, 0.3) is 0 Å². The standard InChI is InChI=1S/C21H20F3N3O3/c1-13-3-5-16(6-4-13)20-26-19(30-27-20)12-11-18(28)25-14(2)15-7-9-17(10-8-15)29-21(22,23)24/h3-10,14H,11-12H2,1-2H3,(H,25,28). The van der Waals surface area contributed by atoms with Crippen LogP contribution in [0.15, 0.2) is 53.1 Å². The molecule has 1 atom stereocenters. The van der Waals surface area contributed by atoms with E-state index in [1.165, 1.54) is 24.3 Å². The predicted octanol–water partition coefficient (Wildman–Crippen LogP) is 4.75. The van der Waals surface area contributed by atoms with Crippen molar-refractivity contribution in [1.82, 2.24) is 15.5 Å². The number of hydrogen-bond donors (Lipinski definition) is 1. The van der Waals surface area contributed by atoms with E-state index in [2.05, 4.69) is 20.2 Å². The van der Waals surface area contributed by atoms with E-state index in [1.807, 2.05) is 31.2 Å². The van der Waals surface area contributed by atoms with Gasteiger partial charge in [-0.3, -0.25) is 4.79 Å². The Hall–Kier alpha value is -3.36. The molecule has 0 spiro atoms. The van der Waals surface area contributed by atoms with Crippen molar-refractivity contribution in [1.29, 1.82) is 0 Å². The number of ether oxygens (including phenoxy) is 1. The van der Waals surface area contributed by atoms with Gasteiger partial charge in [0.05, 0.1) is 6.04 Å². The zero-order valence-electron chi connectivity index (χ0n) is 16.4. The van der Waals surface area contributed by atoms with E-state index in [9.17, 15) is 18.0 Å². The maximum absolute atomic E-state index is 12.2. The van der Waals surface area contributed by atoms with Crippen LogP contribution in [0.4, 0.5) is 13.2 Å². The van der Waals surface area contributed by atoms with E-state index < -0.39 is 6.36 Å². The van der Waals surface area contributed by atoms with E-state index in [1.54, 1.807) is 6.92 Å². The van der Waals surface area contributed by atoms with Crippen molar-refractivity contribution < 1.29 is 27.2 Å². The fourth-order valence-corrected chi connectivity index (χ4v) is 2.75. The number of carbonyl (C=O) groups excluding carboxylic acids is 1. The molecule has 1 amide bonds. The molecule has 158 valence electrons. The van der Waals surface area contributed by atoms with Crippen molar-refractivity contribution in [3.05, 3.63) is 65.5 Å². The number of aromatic nitrogens is 2. The van der Waals surface area contributed by atoms with Crippen LogP contribution >= 0.6 is 0 Å². The smallest absolute Gasteiger partial charge is 0.406 e.